The van der Waals surface area contributed by atoms with E-state index in [1.807, 2.05) is 6.92 Å². The molecule has 5 heteroatoms. The zero-order chi connectivity index (χ0) is 14.0. The molecule has 104 valence electrons. The van der Waals surface area contributed by atoms with Gasteiger partial charge in [0.15, 0.2) is 0 Å². The fourth-order valence-electron chi connectivity index (χ4n) is 2.35. The summed E-state index contributed by atoms with van der Waals surface area (Å²) in [6.07, 6.45) is 1.61. The van der Waals surface area contributed by atoms with E-state index in [1.165, 1.54) is 12.1 Å². The molecular formula is C14H19FN2O2. The van der Waals surface area contributed by atoms with Crippen molar-refractivity contribution in [3.63, 3.8) is 0 Å². The Morgan fingerprint density at radius 3 is 2.95 bits per heavy atom. The van der Waals surface area contributed by atoms with Gasteiger partial charge in [-0.1, -0.05) is 0 Å². The van der Waals surface area contributed by atoms with Crippen molar-refractivity contribution >= 4 is 11.6 Å². The molecule has 0 spiro atoms. The maximum Gasteiger partial charge on any atom is 0.254 e. The summed E-state index contributed by atoms with van der Waals surface area (Å²) >= 11 is 0. The highest BCUT2D eigenvalue weighted by molar-refractivity contribution is 5.95. The number of nitrogens with two attached hydrogens (primary N) is 1. The molecule has 0 aromatic heterocycles. The predicted molar refractivity (Wildman–Crippen MR) is 71.5 cm³/mol. The lowest BCUT2D eigenvalue weighted by Gasteiger charge is -2.28. The van der Waals surface area contributed by atoms with Gasteiger partial charge in [-0.05, 0) is 44.4 Å². The first-order valence-corrected chi connectivity index (χ1v) is 6.45. The first-order valence-electron chi connectivity index (χ1n) is 6.45. The Labute approximate surface area is 112 Å². The predicted octanol–water partition coefficient (Wildman–Crippen LogP) is 2.01. The number of hydrogen-bond donors (Lipinski definition) is 2. The van der Waals surface area contributed by atoms with Crippen LogP contribution in [0.4, 0.5) is 10.1 Å². The number of aryl methyl sites for hydroxylation is 1. The third-order valence-corrected chi connectivity index (χ3v) is 3.34. The van der Waals surface area contributed by atoms with E-state index in [4.69, 9.17) is 10.5 Å². The Hall–Kier alpha value is -1.62. The molecule has 1 aliphatic rings. The van der Waals surface area contributed by atoms with E-state index in [-0.39, 0.29) is 17.7 Å². The molecule has 0 aliphatic carbocycles. The second-order valence-corrected chi connectivity index (χ2v) is 5.08. The van der Waals surface area contributed by atoms with Crippen LogP contribution >= 0.6 is 0 Å². The summed E-state index contributed by atoms with van der Waals surface area (Å²) in [4.78, 5) is 12.1. The minimum Gasteiger partial charge on any atom is -0.399 e. The van der Waals surface area contributed by atoms with Crippen molar-refractivity contribution in [2.45, 2.75) is 38.8 Å². The van der Waals surface area contributed by atoms with Crippen LogP contribution < -0.4 is 11.1 Å². The van der Waals surface area contributed by atoms with Crippen molar-refractivity contribution < 1.29 is 13.9 Å². The summed E-state index contributed by atoms with van der Waals surface area (Å²) in [7, 11) is 0. The van der Waals surface area contributed by atoms with Crippen LogP contribution in [0.25, 0.3) is 0 Å². The van der Waals surface area contributed by atoms with Crippen LogP contribution in [0.5, 0.6) is 0 Å². The molecule has 19 heavy (non-hydrogen) atoms. The molecule has 2 atom stereocenters. The normalized spacial score (nSPS) is 23.1. The Morgan fingerprint density at radius 2 is 2.26 bits per heavy atom. The van der Waals surface area contributed by atoms with Gasteiger partial charge in [-0.25, -0.2) is 4.39 Å². The molecule has 3 N–H and O–H groups in total. The number of carbonyl (C=O) groups is 1. The average Bonchev–Trinajstić information content (AvgIpc) is 2.33. The lowest BCUT2D eigenvalue weighted by atomic mass is 10.0. The summed E-state index contributed by atoms with van der Waals surface area (Å²) in [5.41, 5.74) is 6.44. The molecule has 0 radical (unpaired) electrons. The van der Waals surface area contributed by atoms with Crippen LogP contribution in [0.15, 0.2) is 12.1 Å². The molecule has 1 fully saturated rings. The number of anilines is 1. The highest BCUT2D eigenvalue weighted by atomic mass is 19.1. The van der Waals surface area contributed by atoms with Gasteiger partial charge in [-0.3, -0.25) is 4.79 Å². The molecule has 1 aromatic carbocycles. The number of nitrogens with one attached hydrogen (secondary N) is 1. The monoisotopic (exact) mass is 266 g/mol. The minimum absolute atomic E-state index is 0.0108. The molecule has 1 aliphatic heterocycles. The van der Waals surface area contributed by atoms with Crippen LogP contribution in [0.2, 0.25) is 0 Å². The van der Waals surface area contributed by atoms with Crippen molar-refractivity contribution in [2.75, 3.05) is 12.3 Å². The van der Waals surface area contributed by atoms with E-state index in [0.29, 0.717) is 17.9 Å². The standard InChI is InChI=1S/C14H19FN2O2/c1-8-5-10(16)7-12(13(8)15)14(18)17-11-3-4-19-9(2)6-11/h5,7,9,11H,3-4,6,16H2,1-2H3,(H,17,18). The Morgan fingerprint density at radius 1 is 1.53 bits per heavy atom. The highest BCUT2D eigenvalue weighted by Gasteiger charge is 2.23. The molecule has 1 amide bonds. The van der Waals surface area contributed by atoms with Gasteiger partial charge < -0.3 is 15.8 Å². The molecular weight excluding hydrogens is 247 g/mol. The van der Waals surface area contributed by atoms with Gasteiger partial charge in [0.25, 0.3) is 5.91 Å². The SMILES string of the molecule is Cc1cc(N)cc(C(=O)NC2CCOC(C)C2)c1F. The summed E-state index contributed by atoms with van der Waals surface area (Å²) in [6, 6.07) is 2.92. The van der Waals surface area contributed by atoms with Crippen LogP contribution in [0.3, 0.4) is 0 Å². The molecule has 4 nitrogen and oxygen atoms in total. The topological polar surface area (TPSA) is 64.4 Å². The van der Waals surface area contributed by atoms with E-state index in [1.54, 1.807) is 6.92 Å². The summed E-state index contributed by atoms with van der Waals surface area (Å²) in [6.45, 7) is 4.17. The highest BCUT2D eigenvalue weighted by Crippen LogP contribution is 2.19. The van der Waals surface area contributed by atoms with Gasteiger partial charge in [0, 0.05) is 18.3 Å². The molecule has 1 heterocycles. The molecule has 0 saturated carbocycles. The number of rotatable bonds is 2. The van der Waals surface area contributed by atoms with E-state index in [2.05, 4.69) is 5.32 Å². The van der Waals surface area contributed by atoms with Gasteiger partial charge in [0.2, 0.25) is 0 Å². The van der Waals surface area contributed by atoms with Crippen LogP contribution in [-0.4, -0.2) is 24.7 Å². The van der Waals surface area contributed by atoms with E-state index in [9.17, 15) is 9.18 Å². The minimum atomic E-state index is -0.508. The number of nitrogen functional groups attached to an aromatic ring is 1. The van der Waals surface area contributed by atoms with Crippen molar-refractivity contribution in [3.05, 3.63) is 29.1 Å². The third-order valence-electron chi connectivity index (χ3n) is 3.34. The lowest BCUT2D eigenvalue weighted by molar-refractivity contribution is 0.0136. The van der Waals surface area contributed by atoms with Gasteiger partial charge >= 0.3 is 0 Å². The fraction of sp³-hybridized carbons (Fsp3) is 0.500. The number of benzene rings is 1. The lowest BCUT2D eigenvalue weighted by Crippen LogP contribution is -2.41. The Balaban J connectivity index is 2.11. The molecule has 1 aromatic rings. The van der Waals surface area contributed by atoms with E-state index < -0.39 is 11.7 Å². The fourth-order valence-corrected chi connectivity index (χ4v) is 2.35. The van der Waals surface area contributed by atoms with Gasteiger partial charge in [0.1, 0.15) is 5.82 Å². The molecule has 2 rings (SSSR count). The van der Waals surface area contributed by atoms with Crippen LogP contribution in [0.1, 0.15) is 35.7 Å². The van der Waals surface area contributed by atoms with Gasteiger partial charge in [-0.2, -0.15) is 0 Å². The van der Waals surface area contributed by atoms with E-state index in [0.717, 1.165) is 12.8 Å². The summed E-state index contributed by atoms with van der Waals surface area (Å²) in [5.74, 6) is -0.918. The number of ether oxygens (including phenoxy) is 1. The van der Waals surface area contributed by atoms with Gasteiger partial charge in [-0.15, -0.1) is 0 Å². The maximum atomic E-state index is 13.9. The number of hydrogen-bond acceptors (Lipinski definition) is 3. The first kappa shape index (κ1) is 13.8. The van der Waals surface area contributed by atoms with Crippen LogP contribution in [0, 0.1) is 12.7 Å². The van der Waals surface area contributed by atoms with Crippen molar-refractivity contribution in [2.24, 2.45) is 0 Å². The van der Waals surface area contributed by atoms with Crippen LogP contribution in [-0.2, 0) is 4.74 Å². The second kappa shape index (κ2) is 5.57. The van der Waals surface area contributed by atoms with Crippen molar-refractivity contribution in [1.29, 1.82) is 0 Å². The summed E-state index contributed by atoms with van der Waals surface area (Å²) in [5, 5.41) is 2.85. The first-order chi connectivity index (χ1) is 8.97. The molecule has 2 unspecified atom stereocenters. The number of carbonyl (C=O) groups excluding carboxylic acids is 1. The second-order valence-electron chi connectivity index (χ2n) is 5.08. The molecule has 0 bridgehead atoms. The zero-order valence-electron chi connectivity index (χ0n) is 11.2. The Kier molecular flexibility index (Phi) is 4.04. The smallest absolute Gasteiger partial charge is 0.254 e. The van der Waals surface area contributed by atoms with Gasteiger partial charge in [0.05, 0.1) is 11.7 Å². The van der Waals surface area contributed by atoms with Crippen molar-refractivity contribution in [3.8, 4) is 0 Å². The third kappa shape index (κ3) is 3.23. The number of halogens is 1. The van der Waals surface area contributed by atoms with E-state index >= 15 is 0 Å². The zero-order valence-corrected chi connectivity index (χ0v) is 11.2. The summed E-state index contributed by atoms with van der Waals surface area (Å²) < 4.78 is 19.3. The maximum absolute atomic E-state index is 13.9. The Bertz CT molecular complexity index is 491. The largest absolute Gasteiger partial charge is 0.399 e. The van der Waals surface area contributed by atoms with Crippen molar-refractivity contribution in [1.82, 2.24) is 5.32 Å². The quantitative estimate of drug-likeness (QED) is 0.805. The number of amides is 1. The molecule has 1 saturated heterocycles. The average molecular weight is 266 g/mol.